The van der Waals surface area contributed by atoms with E-state index in [0.717, 1.165) is 12.1 Å². The molecule has 1 amide bonds. The number of nitrogens with one attached hydrogen (secondary N) is 1. The third-order valence-corrected chi connectivity index (χ3v) is 3.06. The van der Waals surface area contributed by atoms with E-state index in [1.165, 1.54) is 0 Å². The molecule has 9 heteroatoms. The Morgan fingerprint density at radius 3 is 2.60 bits per heavy atom. The van der Waals surface area contributed by atoms with Gasteiger partial charge in [-0.25, -0.2) is 13.6 Å². The Balaban J connectivity index is 2.58. The van der Waals surface area contributed by atoms with Crippen LogP contribution in [-0.2, 0) is 10.9 Å². The number of carbonyl (C=O) groups excluding carboxylic acids is 1. The fraction of sp³-hybridized carbons (Fsp3) is 0.364. The number of halogens is 6. The van der Waals surface area contributed by atoms with Crippen molar-refractivity contribution in [3.05, 3.63) is 34.3 Å². The Morgan fingerprint density at radius 2 is 2.00 bits per heavy atom. The van der Waals surface area contributed by atoms with Crippen molar-refractivity contribution >= 4 is 17.7 Å². The quantitative estimate of drug-likeness (QED) is 0.801. The third kappa shape index (κ3) is 2.65. The first-order chi connectivity index (χ1) is 9.13. The van der Waals surface area contributed by atoms with Gasteiger partial charge in [-0.3, -0.25) is 0 Å². The van der Waals surface area contributed by atoms with Crippen molar-refractivity contribution in [1.82, 2.24) is 5.32 Å². The SMILES string of the molecule is O=C1N[C@@H](c2c(Cl)cccc2C(F)(F)F)C(F)(F)CO1. The molecule has 2 rings (SSSR count). The molecule has 0 spiro atoms. The molecular formula is C11H7ClF5NO2. The second kappa shape index (κ2) is 4.76. The number of amides is 1. The lowest BCUT2D eigenvalue weighted by molar-refractivity contribution is -0.141. The molecule has 1 fully saturated rings. The summed E-state index contributed by atoms with van der Waals surface area (Å²) >= 11 is 5.62. The first-order valence-corrected chi connectivity index (χ1v) is 5.67. The highest BCUT2D eigenvalue weighted by molar-refractivity contribution is 6.31. The van der Waals surface area contributed by atoms with E-state index in [1.54, 1.807) is 5.32 Å². The van der Waals surface area contributed by atoms with E-state index < -0.39 is 47.0 Å². The first kappa shape index (κ1) is 14.8. The summed E-state index contributed by atoms with van der Waals surface area (Å²) in [5.74, 6) is -3.71. The van der Waals surface area contributed by atoms with Crippen molar-refractivity contribution in [2.24, 2.45) is 0 Å². The minimum absolute atomic E-state index is 0.508. The predicted octanol–water partition coefficient (Wildman–Crippen LogP) is 3.78. The van der Waals surface area contributed by atoms with Crippen LogP contribution in [0, 0.1) is 0 Å². The lowest BCUT2D eigenvalue weighted by atomic mass is 9.94. The summed E-state index contributed by atoms with van der Waals surface area (Å²) in [5.41, 5.74) is -2.19. The number of rotatable bonds is 1. The fourth-order valence-corrected chi connectivity index (χ4v) is 2.15. The van der Waals surface area contributed by atoms with Gasteiger partial charge in [0, 0.05) is 10.6 Å². The van der Waals surface area contributed by atoms with Gasteiger partial charge in [0.15, 0.2) is 6.61 Å². The minimum atomic E-state index is -4.88. The number of hydrogen-bond acceptors (Lipinski definition) is 2. The summed E-state index contributed by atoms with van der Waals surface area (Å²) in [4.78, 5) is 11.0. The average Bonchev–Trinajstić information content (AvgIpc) is 2.31. The highest BCUT2D eigenvalue weighted by Crippen LogP contribution is 2.44. The maximum absolute atomic E-state index is 13.7. The van der Waals surface area contributed by atoms with Gasteiger partial charge in [-0.1, -0.05) is 17.7 Å². The van der Waals surface area contributed by atoms with Gasteiger partial charge in [-0.05, 0) is 12.1 Å². The smallest absolute Gasteiger partial charge is 0.416 e. The Hall–Kier alpha value is -1.57. The van der Waals surface area contributed by atoms with Crippen LogP contribution in [0.25, 0.3) is 0 Å². The zero-order valence-corrected chi connectivity index (χ0v) is 10.4. The number of benzene rings is 1. The first-order valence-electron chi connectivity index (χ1n) is 5.29. The number of hydrogen-bond donors (Lipinski definition) is 1. The number of alkyl halides is 5. The minimum Gasteiger partial charge on any atom is -0.443 e. The summed E-state index contributed by atoms with van der Waals surface area (Å²) in [5, 5.41) is 1.17. The third-order valence-electron chi connectivity index (χ3n) is 2.73. The zero-order valence-electron chi connectivity index (χ0n) is 9.60. The van der Waals surface area contributed by atoms with Crippen molar-refractivity contribution in [2.45, 2.75) is 18.1 Å². The molecule has 0 saturated carbocycles. The number of cyclic esters (lactones) is 1. The topological polar surface area (TPSA) is 38.3 Å². The maximum atomic E-state index is 13.7. The molecule has 0 aliphatic carbocycles. The van der Waals surface area contributed by atoms with E-state index in [4.69, 9.17) is 11.6 Å². The molecule has 3 nitrogen and oxygen atoms in total. The summed E-state index contributed by atoms with van der Waals surface area (Å²) in [6.45, 7) is -1.31. The van der Waals surface area contributed by atoms with Gasteiger partial charge < -0.3 is 10.1 Å². The van der Waals surface area contributed by atoms with Gasteiger partial charge in [0.25, 0.3) is 0 Å². The molecule has 0 unspecified atom stereocenters. The van der Waals surface area contributed by atoms with Crippen LogP contribution in [0.2, 0.25) is 5.02 Å². The Labute approximate surface area is 114 Å². The van der Waals surface area contributed by atoms with Crippen molar-refractivity contribution in [3.8, 4) is 0 Å². The van der Waals surface area contributed by atoms with Crippen molar-refractivity contribution in [3.63, 3.8) is 0 Å². The van der Waals surface area contributed by atoms with Crippen LogP contribution in [0.4, 0.5) is 26.7 Å². The molecule has 1 aromatic carbocycles. The standard InChI is InChI=1S/C11H7ClF5NO2/c12-6-3-1-2-5(11(15,16)17)7(6)8-10(13,14)4-20-9(19)18-8/h1-3,8H,4H2,(H,18,19)/t8-/m0/s1. The number of alkyl carbamates (subject to hydrolysis) is 1. The highest BCUT2D eigenvalue weighted by atomic mass is 35.5. The van der Waals surface area contributed by atoms with Crippen LogP contribution in [0.15, 0.2) is 18.2 Å². The number of carbonyl (C=O) groups is 1. The van der Waals surface area contributed by atoms with Crippen LogP contribution in [0.3, 0.4) is 0 Å². The molecule has 0 aromatic heterocycles. The Morgan fingerprint density at radius 1 is 1.35 bits per heavy atom. The molecule has 1 aliphatic heterocycles. The van der Waals surface area contributed by atoms with Crippen molar-refractivity contribution in [1.29, 1.82) is 0 Å². The maximum Gasteiger partial charge on any atom is 0.416 e. The van der Waals surface area contributed by atoms with Gasteiger partial charge >= 0.3 is 18.2 Å². The molecule has 20 heavy (non-hydrogen) atoms. The molecule has 1 N–H and O–H groups in total. The van der Waals surface area contributed by atoms with E-state index in [9.17, 15) is 26.7 Å². The summed E-state index contributed by atoms with van der Waals surface area (Å²) in [7, 11) is 0. The highest BCUT2D eigenvalue weighted by Gasteiger charge is 2.50. The Kier molecular flexibility index (Phi) is 3.53. The van der Waals surface area contributed by atoms with Gasteiger partial charge in [-0.2, -0.15) is 13.2 Å². The number of ether oxygens (including phenoxy) is 1. The van der Waals surface area contributed by atoms with Gasteiger partial charge in [0.1, 0.15) is 6.04 Å². The van der Waals surface area contributed by atoms with Crippen LogP contribution < -0.4 is 5.32 Å². The second-order valence-corrected chi connectivity index (χ2v) is 4.52. The lowest BCUT2D eigenvalue weighted by Gasteiger charge is -2.33. The normalized spacial score (nSPS) is 22.1. The van der Waals surface area contributed by atoms with E-state index >= 15 is 0 Å². The van der Waals surface area contributed by atoms with Crippen molar-refractivity contribution < 1.29 is 31.5 Å². The monoisotopic (exact) mass is 315 g/mol. The van der Waals surface area contributed by atoms with Crippen LogP contribution >= 0.6 is 11.6 Å². The average molecular weight is 316 g/mol. The van der Waals surface area contributed by atoms with Gasteiger partial charge in [0.05, 0.1) is 5.56 Å². The van der Waals surface area contributed by atoms with E-state index in [0.29, 0.717) is 6.07 Å². The van der Waals surface area contributed by atoms with E-state index in [2.05, 4.69) is 4.74 Å². The molecule has 1 atom stereocenters. The van der Waals surface area contributed by atoms with Gasteiger partial charge in [0.2, 0.25) is 0 Å². The second-order valence-electron chi connectivity index (χ2n) is 4.11. The van der Waals surface area contributed by atoms with E-state index in [-0.39, 0.29) is 0 Å². The van der Waals surface area contributed by atoms with Crippen LogP contribution in [0.5, 0.6) is 0 Å². The van der Waals surface area contributed by atoms with Crippen LogP contribution in [0.1, 0.15) is 17.2 Å². The largest absolute Gasteiger partial charge is 0.443 e. The molecule has 0 bridgehead atoms. The molecular weight excluding hydrogens is 309 g/mol. The summed E-state index contributed by atoms with van der Waals surface area (Å²) < 4.78 is 70.2. The summed E-state index contributed by atoms with van der Waals surface area (Å²) in [6.07, 6.45) is -6.10. The molecule has 0 radical (unpaired) electrons. The van der Waals surface area contributed by atoms with Crippen molar-refractivity contribution in [2.75, 3.05) is 6.61 Å². The molecule has 1 aromatic rings. The molecule has 110 valence electrons. The van der Waals surface area contributed by atoms with Gasteiger partial charge in [-0.15, -0.1) is 0 Å². The summed E-state index contributed by atoms with van der Waals surface area (Å²) in [6, 6.07) is 0.463. The fourth-order valence-electron chi connectivity index (χ4n) is 1.87. The van der Waals surface area contributed by atoms with E-state index in [1.807, 2.05) is 0 Å². The zero-order chi connectivity index (χ0) is 15.1. The Bertz CT molecular complexity index is 546. The molecule has 1 aliphatic rings. The lowest BCUT2D eigenvalue weighted by Crippen LogP contribution is -2.50. The molecule has 1 saturated heterocycles. The predicted molar refractivity (Wildman–Crippen MR) is 58.6 cm³/mol. The molecule has 1 heterocycles. The van der Waals surface area contributed by atoms with Crippen LogP contribution in [-0.4, -0.2) is 18.6 Å².